The summed E-state index contributed by atoms with van der Waals surface area (Å²) in [6.45, 7) is 8.02. The van der Waals surface area contributed by atoms with Crippen LogP contribution in [0, 0.1) is 0 Å². The number of alkyl halides is 2. The Morgan fingerprint density at radius 3 is 2.53 bits per heavy atom. The van der Waals surface area contributed by atoms with Crippen LogP contribution in [0.2, 0.25) is 5.02 Å². The van der Waals surface area contributed by atoms with Crippen LogP contribution in [0.5, 0.6) is 0 Å². The van der Waals surface area contributed by atoms with Crippen LogP contribution in [-0.4, -0.2) is 53.7 Å². The van der Waals surface area contributed by atoms with Crippen molar-refractivity contribution in [2.45, 2.75) is 65.2 Å². The first-order valence-electron chi connectivity index (χ1n) is 14.2. The minimum Gasteiger partial charge on any atom is -0.369 e. The zero-order valence-electron chi connectivity index (χ0n) is 25.1. The molecule has 0 saturated carbocycles. The highest BCUT2D eigenvalue weighted by atomic mass is 35.5. The van der Waals surface area contributed by atoms with Gasteiger partial charge < -0.3 is 10.1 Å². The van der Waals surface area contributed by atoms with Crippen molar-refractivity contribution in [2.75, 3.05) is 16.8 Å². The van der Waals surface area contributed by atoms with Crippen molar-refractivity contribution in [1.29, 1.82) is 0 Å². The molecule has 2 amide bonds. The number of anilines is 2. The van der Waals surface area contributed by atoms with Gasteiger partial charge in [-0.25, -0.2) is 23.7 Å². The van der Waals surface area contributed by atoms with Gasteiger partial charge in [-0.2, -0.15) is 5.10 Å². The van der Waals surface area contributed by atoms with Gasteiger partial charge in [0.05, 0.1) is 47.7 Å². The summed E-state index contributed by atoms with van der Waals surface area (Å²) in [6, 6.07) is 2.32. The predicted octanol–water partition coefficient (Wildman–Crippen LogP) is 5.53. The molecule has 0 spiro atoms. The van der Waals surface area contributed by atoms with Gasteiger partial charge in [0.25, 0.3) is 12.3 Å². The summed E-state index contributed by atoms with van der Waals surface area (Å²) in [6.07, 6.45) is 6.18. The molecule has 1 aliphatic heterocycles. The topological polar surface area (TPSA) is 128 Å². The van der Waals surface area contributed by atoms with Crippen LogP contribution in [0.1, 0.15) is 80.3 Å². The summed E-state index contributed by atoms with van der Waals surface area (Å²) in [5.41, 5.74) is 0.556. The average molecular weight is 657 g/mol. The number of benzene rings is 1. The monoisotopic (exact) mass is 656 g/mol. The zero-order valence-corrected chi connectivity index (χ0v) is 27.0. The number of rotatable bonds is 9. The number of ether oxygens (including phenoxy) is 1. The molecule has 1 aliphatic rings. The number of carbonyl (C=O) groups is 2. The van der Waals surface area contributed by atoms with E-state index in [4.69, 9.17) is 16.3 Å². The van der Waals surface area contributed by atoms with Gasteiger partial charge in [0.1, 0.15) is 0 Å². The van der Waals surface area contributed by atoms with Gasteiger partial charge in [0.2, 0.25) is 11.9 Å². The molecule has 45 heavy (non-hydrogen) atoms. The number of nitrogens with one attached hydrogen (secondary N) is 1. The van der Waals surface area contributed by atoms with E-state index in [1.54, 1.807) is 28.2 Å². The Hall–Kier alpha value is -3.93. The van der Waals surface area contributed by atoms with E-state index < -0.39 is 17.9 Å². The fourth-order valence-corrected chi connectivity index (χ4v) is 5.26. The van der Waals surface area contributed by atoms with Gasteiger partial charge in [-0.1, -0.05) is 17.7 Å². The predicted molar refractivity (Wildman–Crippen MR) is 169 cm³/mol. The van der Waals surface area contributed by atoms with Crippen molar-refractivity contribution < 1.29 is 23.1 Å². The second kappa shape index (κ2) is 13.2. The molecule has 3 aromatic heterocycles. The molecular weight excluding hydrogens is 625 g/mol. The molecule has 0 bridgehead atoms. The molecule has 1 saturated heterocycles. The second-order valence-electron chi connectivity index (χ2n) is 11.5. The van der Waals surface area contributed by atoms with Crippen LogP contribution in [0.4, 0.5) is 20.4 Å². The molecule has 15 heteroatoms. The quantitative estimate of drug-likeness (QED) is 0.233. The third-order valence-corrected chi connectivity index (χ3v) is 8.24. The van der Waals surface area contributed by atoms with E-state index in [0.717, 1.165) is 12.0 Å². The number of hydrogen-bond donors (Lipinski definition) is 1. The fraction of sp³-hybridized carbons (Fsp3) is 0.367. The van der Waals surface area contributed by atoms with Crippen LogP contribution in [0.15, 0.2) is 43.1 Å². The van der Waals surface area contributed by atoms with Gasteiger partial charge in [-0.15, -0.1) is 9.24 Å². The lowest BCUT2D eigenvalue weighted by Gasteiger charge is -2.20. The molecule has 1 fully saturated rings. The van der Waals surface area contributed by atoms with Crippen molar-refractivity contribution in [3.63, 3.8) is 0 Å². The van der Waals surface area contributed by atoms with Crippen molar-refractivity contribution in [3.8, 4) is 11.3 Å². The van der Waals surface area contributed by atoms with Crippen LogP contribution in [0.25, 0.3) is 11.3 Å². The minimum atomic E-state index is -2.81. The summed E-state index contributed by atoms with van der Waals surface area (Å²) < 4.78 is 35.4. The summed E-state index contributed by atoms with van der Waals surface area (Å²) in [5.74, 6) is -0.260. The van der Waals surface area contributed by atoms with Gasteiger partial charge in [-0.3, -0.25) is 24.2 Å². The maximum Gasteiger partial charge on any atom is 0.276 e. The average Bonchev–Trinajstić information content (AvgIpc) is 3.65. The van der Waals surface area contributed by atoms with E-state index in [0.29, 0.717) is 29.9 Å². The van der Waals surface area contributed by atoms with Gasteiger partial charge >= 0.3 is 0 Å². The van der Waals surface area contributed by atoms with Crippen molar-refractivity contribution >= 4 is 49.6 Å². The number of hydrogen-bond acceptors (Lipinski definition) is 8. The van der Waals surface area contributed by atoms with Crippen LogP contribution in [0.3, 0.4) is 0 Å². The summed E-state index contributed by atoms with van der Waals surface area (Å²) in [5, 5.41) is 7.72. The highest BCUT2D eigenvalue weighted by Crippen LogP contribution is 2.33. The Labute approximate surface area is 266 Å². The lowest BCUT2D eigenvalue weighted by Crippen LogP contribution is -2.26. The Bertz CT molecular complexity index is 1730. The Kier molecular flexibility index (Phi) is 9.52. The van der Waals surface area contributed by atoms with E-state index in [9.17, 15) is 18.4 Å². The fourth-order valence-electron chi connectivity index (χ4n) is 4.69. The van der Waals surface area contributed by atoms with Crippen molar-refractivity contribution in [1.82, 2.24) is 29.7 Å². The zero-order chi connectivity index (χ0) is 32.5. The number of aromatic nitrogens is 6. The van der Waals surface area contributed by atoms with Gasteiger partial charge in [0.15, 0.2) is 5.69 Å². The molecule has 0 aliphatic carbocycles. The normalized spacial score (nSPS) is 14.3. The molecule has 236 valence electrons. The molecule has 5 rings (SSSR count). The lowest BCUT2D eigenvalue weighted by atomic mass is 10.0. The van der Waals surface area contributed by atoms with E-state index in [1.165, 1.54) is 24.5 Å². The summed E-state index contributed by atoms with van der Waals surface area (Å²) in [7, 11) is 2.36. The molecular formula is C30H32ClF2N8O3P. The third-order valence-electron chi connectivity index (χ3n) is 7.13. The standard InChI is InChI=1S/C30H32ClF2N8O3P/c1-16(17-10-35-29(36-11-17)40-9-5-6-23(40)42)41-14-18(12-37-41)38-28(43)25-22(15-44-30(2,3)4)34-13-21(39-25)24-19(27(32)33)7-8-20(31)26(24)45/h7-8,10-14,16,27H,5-6,9,15,45H2,1-4H3,(H,38,43)/t16-/m0/s1. The van der Waals surface area contributed by atoms with E-state index in [1.807, 2.05) is 27.7 Å². The number of halogens is 3. The largest absolute Gasteiger partial charge is 0.369 e. The molecule has 4 aromatic rings. The first-order valence-corrected chi connectivity index (χ1v) is 15.1. The maximum absolute atomic E-state index is 14.0. The Balaban J connectivity index is 1.41. The minimum absolute atomic E-state index is 0.00247. The van der Waals surface area contributed by atoms with Gasteiger partial charge in [0, 0.05) is 53.3 Å². The molecule has 2 atom stereocenters. The maximum atomic E-state index is 14.0. The summed E-state index contributed by atoms with van der Waals surface area (Å²) >= 11 is 6.25. The second-order valence-corrected chi connectivity index (χ2v) is 12.5. The first kappa shape index (κ1) is 32.5. The Morgan fingerprint density at radius 1 is 1.16 bits per heavy atom. The van der Waals surface area contributed by atoms with Crippen LogP contribution >= 0.6 is 20.8 Å². The Morgan fingerprint density at radius 2 is 1.89 bits per heavy atom. The van der Waals surface area contributed by atoms with Crippen molar-refractivity contribution in [3.05, 3.63) is 70.7 Å². The first-order chi connectivity index (χ1) is 21.3. The van der Waals surface area contributed by atoms with E-state index >= 15 is 0 Å². The number of nitrogens with zero attached hydrogens (tertiary/aromatic N) is 7. The number of amides is 2. The SMILES string of the molecule is C[C@@H](c1cnc(N2CCCC2=O)nc1)n1cc(NC(=O)c2nc(-c3c(C(F)F)ccc(Cl)c3P)cnc2COC(C)(C)C)cn1. The molecule has 1 unspecified atom stereocenters. The summed E-state index contributed by atoms with van der Waals surface area (Å²) in [4.78, 5) is 44.8. The van der Waals surface area contributed by atoms with E-state index in [-0.39, 0.29) is 51.8 Å². The number of carbonyl (C=O) groups excluding carboxylic acids is 2. The third kappa shape index (κ3) is 7.32. The molecule has 0 radical (unpaired) electrons. The molecule has 4 heterocycles. The highest BCUT2D eigenvalue weighted by molar-refractivity contribution is 7.28. The smallest absolute Gasteiger partial charge is 0.276 e. The molecule has 1 aromatic carbocycles. The van der Waals surface area contributed by atoms with E-state index in [2.05, 4.69) is 39.6 Å². The van der Waals surface area contributed by atoms with Gasteiger partial charge in [-0.05, 0) is 45.5 Å². The van der Waals surface area contributed by atoms with Crippen molar-refractivity contribution in [2.24, 2.45) is 0 Å². The lowest BCUT2D eigenvalue weighted by molar-refractivity contribution is -0.117. The van der Waals surface area contributed by atoms with Crippen LogP contribution < -0.4 is 15.5 Å². The highest BCUT2D eigenvalue weighted by Gasteiger charge is 2.26. The van der Waals surface area contributed by atoms with Crippen LogP contribution in [-0.2, 0) is 16.1 Å². The molecule has 1 N–H and O–H groups in total. The molecule has 11 nitrogen and oxygen atoms in total.